The topological polar surface area (TPSA) is 66.9 Å². The summed E-state index contributed by atoms with van der Waals surface area (Å²) in [6, 6.07) is 7.77. The molecule has 0 saturated carbocycles. The van der Waals surface area contributed by atoms with E-state index in [0.717, 1.165) is 12.1 Å². The Bertz CT molecular complexity index is 627. The molecule has 5 nitrogen and oxygen atoms in total. The van der Waals surface area contributed by atoms with Crippen molar-refractivity contribution in [2.24, 2.45) is 0 Å². The number of anilines is 2. The Balaban J connectivity index is 2.03. The van der Waals surface area contributed by atoms with Crippen molar-refractivity contribution in [1.82, 2.24) is 9.97 Å². The van der Waals surface area contributed by atoms with E-state index in [-0.39, 0.29) is 11.4 Å². The Labute approximate surface area is 131 Å². The van der Waals surface area contributed by atoms with Crippen molar-refractivity contribution in [1.29, 1.82) is 0 Å². The van der Waals surface area contributed by atoms with Crippen LogP contribution < -0.4 is 10.6 Å². The van der Waals surface area contributed by atoms with Crippen molar-refractivity contribution in [3.63, 3.8) is 0 Å². The van der Waals surface area contributed by atoms with Gasteiger partial charge in [-0.15, -0.1) is 0 Å². The zero-order valence-corrected chi connectivity index (χ0v) is 13.5. The molecule has 0 radical (unpaired) electrons. The molecule has 0 fully saturated rings. The van der Waals surface area contributed by atoms with Crippen LogP contribution in [0, 0.1) is 0 Å². The number of aryl methyl sites for hydroxylation is 1. The van der Waals surface area contributed by atoms with E-state index < -0.39 is 0 Å². The molecule has 0 saturated heterocycles. The van der Waals surface area contributed by atoms with E-state index in [1.165, 1.54) is 11.8 Å². The Morgan fingerprint density at radius 1 is 1.09 bits per heavy atom. The maximum absolute atomic E-state index is 12.1. The van der Waals surface area contributed by atoms with Crippen LogP contribution >= 0.6 is 0 Å². The number of carbonyl (C=O) groups excluding carboxylic acids is 1. The minimum atomic E-state index is -0.265. The van der Waals surface area contributed by atoms with Gasteiger partial charge in [-0.05, 0) is 44.9 Å². The molecule has 1 heterocycles. The number of rotatable bonds is 4. The van der Waals surface area contributed by atoms with Gasteiger partial charge in [-0.25, -0.2) is 9.97 Å². The van der Waals surface area contributed by atoms with Gasteiger partial charge in [-0.2, -0.15) is 0 Å². The molecule has 1 aromatic heterocycles. The summed E-state index contributed by atoms with van der Waals surface area (Å²) in [5, 5.41) is 6.02. The van der Waals surface area contributed by atoms with Gasteiger partial charge in [-0.1, -0.05) is 19.1 Å². The van der Waals surface area contributed by atoms with Gasteiger partial charge in [0.25, 0.3) is 5.91 Å². The van der Waals surface area contributed by atoms with Crippen LogP contribution in [0.15, 0.2) is 36.7 Å². The monoisotopic (exact) mass is 298 g/mol. The lowest BCUT2D eigenvalue weighted by atomic mass is 10.1. The highest BCUT2D eigenvalue weighted by molar-refractivity contribution is 6.02. The van der Waals surface area contributed by atoms with Crippen LogP contribution in [0.4, 0.5) is 11.5 Å². The third kappa shape index (κ3) is 4.55. The van der Waals surface area contributed by atoms with Crippen molar-refractivity contribution in [2.75, 3.05) is 10.6 Å². The van der Waals surface area contributed by atoms with Crippen LogP contribution in [0.2, 0.25) is 0 Å². The van der Waals surface area contributed by atoms with Gasteiger partial charge in [0.1, 0.15) is 11.5 Å². The normalized spacial score (nSPS) is 11.1. The van der Waals surface area contributed by atoms with Crippen LogP contribution in [0.25, 0.3) is 0 Å². The highest BCUT2D eigenvalue weighted by Gasteiger charge is 2.12. The van der Waals surface area contributed by atoms with Crippen LogP contribution in [0.3, 0.4) is 0 Å². The van der Waals surface area contributed by atoms with E-state index in [2.05, 4.69) is 27.5 Å². The minimum absolute atomic E-state index is 0.0977. The van der Waals surface area contributed by atoms with Gasteiger partial charge in [0.2, 0.25) is 0 Å². The van der Waals surface area contributed by atoms with Gasteiger partial charge in [0.05, 0.1) is 12.4 Å². The van der Waals surface area contributed by atoms with Crippen LogP contribution in [0.5, 0.6) is 0 Å². The quantitative estimate of drug-likeness (QED) is 0.906. The Morgan fingerprint density at radius 2 is 1.77 bits per heavy atom. The SMILES string of the molecule is CCc1ccc(NC(=O)c2cnc(NC(C)(C)C)cn2)cc1. The molecular formula is C17H22N4O. The molecular weight excluding hydrogens is 276 g/mol. The smallest absolute Gasteiger partial charge is 0.275 e. The third-order valence-corrected chi connectivity index (χ3v) is 3.01. The first-order valence-electron chi connectivity index (χ1n) is 7.38. The van der Waals surface area contributed by atoms with Crippen molar-refractivity contribution < 1.29 is 4.79 Å². The standard InChI is InChI=1S/C17H22N4O/c1-5-12-6-8-13(9-7-12)20-16(22)14-10-19-15(11-18-14)21-17(2,3)4/h6-11H,5H2,1-4H3,(H,19,21)(H,20,22). The summed E-state index contributed by atoms with van der Waals surface area (Å²) in [4.78, 5) is 20.5. The summed E-state index contributed by atoms with van der Waals surface area (Å²) in [7, 11) is 0. The highest BCUT2D eigenvalue weighted by atomic mass is 16.1. The maximum Gasteiger partial charge on any atom is 0.275 e. The van der Waals surface area contributed by atoms with Gasteiger partial charge >= 0.3 is 0 Å². The van der Waals surface area contributed by atoms with Crippen molar-refractivity contribution in [3.05, 3.63) is 47.9 Å². The Morgan fingerprint density at radius 3 is 2.27 bits per heavy atom. The molecule has 0 aliphatic heterocycles. The second-order valence-corrected chi connectivity index (χ2v) is 6.17. The fourth-order valence-electron chi connectivity index (χ4n) is 1.91. The van der Waals surface area contributed by atoms with Crippen LogP contribution in [-0.2, 0) is 6.42 Å². The molecule has 5 heteroatoms. The molecule has 0 bridgehead atoms. The van der Waals surface area contributed by atoms with E-state index in [1.54, 1.807) is 6.20 Å². The summed E-state index contributed by atoms with van der Waals surface area (Å²) in [5.41, 5.74) is 2.18. The molecule has 116 valence electrons. The largest absolute Gasteiger partial charge is 0.364 e. The molecule has 0 aliphatic rings. The second-order valence-electron chi connectivity index (χ2n) is 6.17. The number of aromatic nitrogens is 2. The number of nitrogens with zero attached hydrogens (tertiary/aromatic N) is 2. The predicted octanol–water partition coefficient (Wildman–Crippen LogP) is 3.50. The third-order valence-electron chi connectivity index (χ3n) is 3.01. The van der Waals surface area contributed by atoms with Gasteiger partial charge in [0, 0.05) is 11.2 Å². The average molecular weight is 298 g/mol. The Kier molecular flexibility index (Phi) is 4.75. The first-order valence-corrected chi connectivity index (χ1v) is 7.38. The molecule has 22 heavy (non-hydrogen) atoms. The van der Waals surface area contributed by atoms with Crippen molar-refractivity contribution in [2.45, 2.75) is 39.7 Å². The minimum Gasteiger partial charge on any atom is -0.364 e. The van der Waals surface area contributed by atoms with Crippen LogP contribution in [0.1, 0.15) is 43.7 Å². The summed E-state index contributed by atoms with van der Waals surface area (Å²) in [6.45, 7) is 8.20. The molecule has 0 spiro atoms. The molecule has 2 N–H and O–H groups in total. The van der Waals surface area contributed by atoms with E-state index in [9.17, 15) is 4.79 Å². The number of hydrogen-bond acceptors (Lipinski definition) is 4. The molecule has 0 unspecified atom stereocenters. The lowest BCUT2D eigenvalue weighted by Gasteiger charge is -2.20. The number of hydrogen-bond donors (Lipinski definition) is 2. The van der Waals surface area contributed by atoms with Gasteiger partial charge in [-0.3, -0.25) is 4.79 Å². The first kappa shape index (κ1) is 15.9. The predicted molar refractivity (Wildman–Crippen MR) is 89.2 cm³/mol. The fourth-order valence-corrected chi connectivity index (χ4v) is 1.91. The van der Waals surface area contributed by atoms with Gasteiger partial charge < -0.3 is 10.6 Å². The summed E-state index contributed by atoms with van der Waals surface area (Å²) >= 11 is 0. The second kappa shape index (κ2) is 6.56. The summed E-state index contributed by atoms with van der Waals surface area (Å²) in [6.07, 6.45) is 4.02. The molecule has 1 amide bonds. The number of benzene rings is 1. The van der Waals surface area contributed by atoms with Crippen molar-refractivity contribution >= 4 is 17.4 Å². The van der Waals surface area contributed by atoms with Gasteiger partial charge in [0.15, 0.2) is 0 Å². The zero-order valence-electron chi connectivity index (χ0n) is 13.5. The van der Waals surface area contributed by atoms with E-state index >= 15 is 0 Å². The lowest BCUT2D eigenvalue weighted by molar-refractivity contribution is 0.102. The maximum atomic E-state index is 12.1. The van der Waals surface area contributed by atoms with E-state index in [4.69, 9.17) is 0 Å². The van der Waals surface area contributed by atoms with E-state index in [1.807, 2.05) is 45.0 Å². The number of carbonyl (C=O) groups is 1. The summed E-state index contributed by atoms with van der Waals surface area (Å²) < 4.78 is 0. The molecule has 0 atom stereocenters. The summed E-state index contributed by atoms with van der Waals surface area (Å²) in [5.74, 6) is 0.385. The molecule has 0 aliphatic carbocycles. The fraction of sp³-hybridized carbons (Fsp3) is 0.353. The highest BCUT2D eigenvalue weighted by Crippen LogP contribution is 2.13. The lowest BCUT2D eigenvalue weighted by Crippen LogP contribution is -2.27. The van der Waals surface area contributed by atoms with Crippen molar-refractivity contribution in [3.8, 4) is 0 Å². The molecule has 1 aromatic carbocycles. The molecule has 2 aromatic rings. The Hall–Kier alpha value is -2.43. The zero-order chi connectivity index (χ0) is 16.2. The number of amides is 1. The first-order chi connectivity index (χ1) is 10.4. The average Bonchev–Trinajstić information content (AvgIpc) is 2.47. The van der Waals surface area contributed by atoms with Crippen LogP contribution in [-0.4, -0.2) is 21.4 Å². The molecule has 2 rings (SSSR count). The van der Waals surface area contributed by atoms with E-state index in [0.29, 0.717) is 11.5 Å². The number of nitrogens with one attached hydrogen (secondary N) is 2.